The maximum atomic E-state index is 6.74. The van der Waals surface area contributed by atoms with Gasteiger partial charge in [-0.2, -0.15) is 0 Å². The molecule has 9 heteroatoms. The summed E-state index contributed by atoms with van der Waals surface area (Å²) in [6, 6.07) is 51.6. The fourth-order valence-electron chi connectivity index (χ4n) is 10.2. The van der Waals surface area contributed by atoms with Crippen LogP contribution in [0.2, 0.25) is 15.1 Å². The Bertz CT molecular complexity index is 2730. The largest absolute Gasteiger partial charge is 0.208 e. The van der Waals surface area contributed by atoms with E-state index >= 15 is 0 Å². The Balaban J connectivity index is 0.000000170. The second kappa shape index (κ2) is 30.7. The van der Waals surface area contributed by atoms with Gasteiger partial charge in [0.15, 0.2) is 34.9 Å². The van der Waals surface area contributed by atoms with Crippen LogP contribution in [-0.4, -0.2) is 29.9 Å². The Morgan fingerprint density at radius 1 is 0.240 bits per heavy atom. The van der Waals surface area contributed by atoms with Crippen LogP contribution in [0.15, 0.2) is 158 Å². The van der Waals surface area contributed by atoms with Gasteiger partial charge in [0.05, 0.1) is 0 Å². The zero-order valence-corrected chi connectivity index (χ0v) is 45.9. The molecule has 0 bridgehead atoms. The Morgan fingerprint density at radius 3 is 0.747 bits per heavy atom. The molecule has 0 N–H and O–H groups in total. The third kappa shape index (κ3) is 18.2. The van der Waals surface area contributed by atoms with Crippen molar-refractivity contribution in [3.8, 4) is 68.3 Å². The summed E-state index contributed by atoms with van der Waals surface area (Å²) in [5.74, 6) is 4.29. The van der Waals surface area contributed by atoms with E-state index < -0.39 is 0 Å². The van der Waals surface area contributed by atoms with Gasteiger partial charge in [0.25, 0.3) is 0 Å². The summed E-state index contributed by atoms with van der Waals surface area (Å²) in [4.78, 5) is 28.6. The summed E-state index contributed by atoms with van der Waals surface area (Å²) in [5, 5.41) is 1.83. The molecule has 2 fully saturated rings. The lowest BCUT2D eigenvalue weighted by Crippen LogP contribution is -2.03. The van der Waals surface area contributed by atoms with Gasteiger partial charge in [-0.25, -0.2) is 29.9 Å². The van der Waals surface area contributed by atoms with E-state index in [1.807, 2.05) is 127 Å². The van der Waals surface area contributed by atoms with Crippen molar-refractivity contribution in [1.82, 2.24) is 29.9 Å². The number of aromatic nitrogens is 6. The van der Waals surface area contributed by atoms with Crippen molar-refractivity contribution in [2.24, 2.45) is 0 Å². The third-order valence-corrected chi connectivity index (χ3v) is 14.9. The van der Waals surface area contributed by atoms with Crippen molar-refractivity contribution in [3.63, 3.8) is 0 Å². The van der Waals surface area contributed by atoms with Crippen LogP contribution in [0.3, 0.4) is 0 Å². The molecule has 0 amide bonds. The quantitative estimate of drug-likeness (QED) is 0.158. The second-order valence-electron chi connectivity index (χ2n) is 20.2. The van der Waals surface area contributed by atoms with E-state index in [0.717, 1.165) is 38.4 Å². The van der Waals surface area contributed by atoms with Crippen LogP contribution in [0, 0.1) is 0 Å². The number of nitrogens with zero attached hydrogens (tertiary/aromatic N) is 6. The summed E-state index contributed by atoms with van der Waals surface area (Å²) in [6.45, 7) is 0. The van der Waals surface area contributed by atoms with Crippen LogP contribution in [0.4, 0.5) is 0 Å². The minimum atomic E-state index is 0.529. The maximum Gasteiger partial charge on any atom is 0.164 e. The van der Waals surface area contributed by atoms with Gasteiger partial charge < -0.3 is 0 Å². The molecule has 388 valence electrons. The number of hydrogen-bond donors (Lipinski definition) is 0. The SMILES string of the molecule is C1CCCCCCCCCCC1.Clc1cc(-c2nc(-c3ccccc3)nc(-c3ccccc3)n2)cc(C2CCCCCCCCCCC2)c1.Clc1cc(Cl)cc(-c2nc(-c3ccccc3)nc(-c3ccccc3)n2)c1. The van der Waals surface area contributed by atoms with Crippen LogP contribution >= 0.6 is 34.8 Å². The third-order valence-electron chi connectivity index (χ3n) is 14.3. The zero-order chi connectivity index (χ0) is 51.7. The lowest BCUT2D eigenvalue weighted by Gasteiger charge is -2.20. The minimum Gasteiger partial charge on any atom is -0.208 e. The van der Waals surface area contributed by atoms with Crippen molar-refractivity contribution < 1.29 is 0 Å². The van der Waals surface area contributed by atoms with E-state index in [4.69, 9.17) is 49.8 Å². The fraction of sp³-hybridized carbons (Fsp3) is 0.364. The van der Waals surface area contributed by atoms with E-state index in [1.165, 1.54) is 153 Å². The molecule has 2 aliphatic rings. The van der Waals surface area contributed by atoms with Gasteiger partial charge in [-0.3, -0.25) is 0 Å². The first kappa shape index (κ1) is 55.4. The molecule has 2 aromatic heterocycles. The molecule has 0 atom stereocenters. The molecule has 75 heavy (non-hydrogen) atoms. The molecule has 8 aromatic rings. The molecule has 2 saturated carbocycles. The predicted molar refractivity (Wildman–Crippen MR) is 316 cm³/mol. The highest BCUT2D eigenvalue weighted by Gasteiger charge is 2.18. The second-order valence-corrected chi connectivity index (χ2v) is 21.5. The number of rotatable bonds is 7. The lowest BCUT2D eigenvalue weighted by atomic mass is 9.86. The Morgan fingerprint density at radius 2 is 0.467 bits per heavy atom. The van der Waals surface area contributed by atoms with Crippen molar-refractivity contribution >= 4 is 34.8 Å². The topological polar surface area (TPSA) is 77.3 Å². The van der Waals surface area contributed by atoms with E-state index in [1.54, 1.807) is 18.2 Å². The molecule has 2 aliphatic carbocycles. The van der Waals surface area contributed by atoms with Gasteiger partial charge in [-0.1, -0.05) is 291 Å². The molecule has 0 saturated heterocycles. The molecular weight excluding hydrogens is 983 g/mol. The molecule has 0 unspecified atom stereocenters. The summed E-state index contributed by atoms with van der Waals surface area (Å²) in [7, 11) is 0. The van der Waals surface area contributed by atoms with E-state index in [-0.39, 0.29) is 0 Å². The van der Waals surface area contributed by atoms with E-state index in [9.17, 15) is 0 Å². The Kier molecular flexibility index (Phi) is 22.7. The van der Waals surface area contributed by atoms with Gasteiger partial charge in [0.1, 0.15) is 0 Å². The first-order valence-electron chi connectivity index (χ1n) is 28.0. The molecule has 2 heterocycles. The average molecular weight is 1060 g/mol. The molecular formula is C66H73Cl3N6. The van der Waals surface area contributed by atoms with Gasteiger partial charge in [0, 0.05) is 48.4 Å². The smallest absolute Gasteiger partial charge is 0.164 e. The van der Waals surface area contributed by atoms with Crippen molar-refractivity contribution in [2.45, 2.75) is 154 Å². The van der Waals surface area contributed by atoms with Crippen LogP contribution in [-0.2, 0) is 0 Å². The minimum absolute atomic E-state index is 0.529. The zero-order valence-electron chi connectivity index (χ0n) is 43.7. The highest BCUT2D eigenvalue weighted by molar-refractivity contribution is 6.35. The standard InChI is InChI=1S/C33H36ClN3.C21H13Cl2N3.C12H24/c34-30-23-28(25-16-10-6-4-2-1-3-5-7-11-17-25)22-29(24-30)33-36-31(26-18-12-8-13-19-26)35-32(37-33)27-20-14-9-15-21-27;22-17-11-16(12-18(23)13-17)21-25-19(14-7-3-1-4-8-14)24-20(26-21)15-9-5-2-6-10-15;1-2-4-6-8-10-12-11-9-7-5-3-1/h8-9,12-15,18-25H,1-7,10-11,16-17H2;1-13H;1-12H2. The summed E-state index contributed by atoms with van der Waals surface area (Å²) >= 11 is 19.1. The van der Waals surface area contributed by atoms with E-state index in [2.05, 4.69) is 27.1 Å². The fourth-order valence-corrected chi connectivity index (χ4v) is 10.9. The highest BCUT2D eigenvalue weighted by atomic mass is 35.5. The average Bonchev–Trinajstić information content (AvgIpc) is 3.44. The normalized spacial score (nSPS) is 15.5. The lowest BCUT2D eigenvalue weighted by molar-refractivity contribution is 0.467. The van der Waals surface area contributed by atoms with Crippen molar-refractivity contribution in [1.29, 1.82) is 0 Å². The van der Waals surface area contributed by atoms with Crippen molar-refractivity contribution in [2.75, 3.05) is 0 Å². The number of halogens is 3. The van der Waals surface area contributed by atoms with Gasteiger partial charge in [-0.05, 0) is 60.7 Å². The van der Waals surface area contributed by atoms with Crippen LogP contribution < -0.4 is 0 Å². The predicted octanol–water partition coefficient (Wildman–Crippen LogP) is 20.8. The molecule has 6 aromatic carbocycles. The summed E-state index contributed by atoms with van der Waals surface area (Å²) in [5.41, 5.74) is 6.82. The van der Waals surface area contributed by atoms with Crippen LogP contribution in [0.25, 0.3) is 68.3 Å². The van der Waals surface area contributed by atoms with Crippen LogP contribution in [0.5, 0.6) is 0 Å². The van der Waals surface area contributed by atoms with Crippen molar-refractivity contribution in [3.05, 3.63) is 178 Å². The van der Waals surface area contributed by atoms with Crippen LogP contribution in [0.1, 0.15) is 159 Å². The summed E-state index contributed by atoms with van der Waals surface area (Å²) in [6.07, 6.45) is 32.6. The van der Waals surface area contributed by atoms with Gasteiger partial charge >= 0.3 is 0 Å². The molecule has 10 rings (SSSR count). The molecule has 0 aliphatic heterocycles. The first-order valence-corrected chi connectivity index (χ1v) is 29.1. The Labute approximate surface area is 462 Å². The number of benzene rings is 6. The number of hydrogen-bond acceptors (Lipinski definition) is 6. The molecule has 6 nitrogen and oxygen atoms in total. The maximum absolute atomic E-state index is 6.74. The van der Waals surface area contributed by atoms with Gasteiger partial charge in [-0.15, -0.1) is 0 Å². The Hall–Kier alpha value is -5.79. The summed E-state index contributed by atoms with van der Waals surface area (Å²) < 4.78 is 0. The molecule has 0 spiro atoms. The highest BCUT2D eigenvalue weighted by Crippen LogP contribution is 2.35. The monoisotopic (exact) mass is 1050 g/mol. The first-order chi connectivity index (χ1) is 36.9. The van der Waals surface area contributed by atoms with Gasteiger partial charge in [0.2, 0.25) is 0 Å². The van der Waals surface area contributed by atoms with E-state index in [0.29, 0.717) is 50.9 Å². The molecule has 0 radical (unpaired) electrons.